The second-order valence-corrected chi connectivity index (χ2v) is 20.2. The normalized spacial score (nSPS) is 11.7. The zero-order chi connectivity index (χ0) is 35.2. The third kappa shape index (κ3) is 6.33. The minimum Gasteiger partial charge on any atom is -0.289 e. The first-order valence-corrected chi connectivity index (χ1v) is 21.8. The van der Waals surface area contributed by atoms with Crippen LogP contribution in [0.25, 0.3) is 10.8 Å². The highest BCUT2D eigenvalue weighted by molar-refractivity contribution is 7.95. The Bertz CT molecular complexity index is 2090. The van der Waals surface area contributed by atoms with Crippen molar-refractivity contribution in [2.24, 2.45) is 0 Å². The molecule has 0 bridgehead atoms. The van der Waals surface area contributed by atoms with E-state index in [1.165, 1.54) is 31.8 Å². The van der Waals surface area contributed by atoms with E-state index in [0.717, 1.165) is 21.9 Å². The number of benzene rings is 7. The highest BCUT2D eigenvalue weighted by Gasteiger charge is 2.48. The quantitative estimate of drug-likeness (QED) is 0.130. The van der Waals surface area contributed by atoms with Gasteiger partial charge < -0.3 is 0 Å². The molecule has 0 heterocycles. The Balaban J connectivity index is 1.43. The van der Waals surface area contributed by atoms with Crippen molar-refractivity contribution in [3.63, 3.8) is 0 Å². The van der Waals surface area contributed by atoms with Crippen LogP contribution < -0.4 is 37.3 Å². The molecule has 8 rings (SSSR count). The maximum atomic E-state index is 15.7. The molecule has 0 N–H and O–H groups in total. The third-order valence-electron chi connectivity index (χ3n) is 10.2. The van der Waals surface area contributed by atoms with Gasteiger partial charge in [-0.25, -0.2) is 0 Å². The Morgan fingerprint density at radius 3 is 0.731 bits per heavy atom. The molecule has 3 heteroatoms. The maximum absolute atomic E-state index is 15.7. The average molecular weight is 707 g/mol. The van der Waals surface area contributed by atoms with Gasteiger partial charge >= 0.3 is 0 Å². The van der Waals surface area contributed by atoms with Crippen LogP contribution in [-0.2, 0) is 12.3 Å². The number of hydrogen-bond acceptors (Lipinski definition) is 1. The van der Waals surface area contributed by atoms with Gasteiger partial charge in [0.25, 0.3) is 0 Å². The Morgan fingerprint density at radius 1 is 0.288 bits per heavy atom. The fourth-order valence-corrected chi connectivity index (χ4v) is 16.2. The molecule has 8 aromatic rings. The van der Waals surface area contributed by atoms with E-state index in [2.05, 4.69) is 218 Å². The summed E-state index contributed by atoms with van der Waals surface area (Å²) in [5.74, 6) is 0. The Morgan fingerprint density at radius 2 is 0.500 bits per heavy atom. The lowest BCUT2D eigenvalue weighted by Crippen LogP contribution is -2.35. The van der Waals surface area contributed by atoms with Crippen molar-refractivity contribution in [1.82, 2.24) is 0 Å². The molecule has 0 radical (unpaired) electrons. The molecule has 0 amide bonds. The van der Waals surface area contributed by atoms with E-state index in [-0.39, 0.29) is 5.43 Å². The molecule has 0 atom stereocenters. The van der Waals surface area contributed by atoms with Crippen LogP contribution in [0, 0.1) is 0 Å². The Labute approximate surface area is 308 Å². The zero-order valence-electron chi connectivity index (χ0n) is 29.0. The lowest BCUT2D eigenvalue weighted by molar-refractivity contribution is 1.28. The van der Waals surface area contributed by atoms with Crippen LogP contribution in [0.5, 0.6) is 0 Å². The van der Waals surface area contributed by atoms with Crippen molar-refractivity contribution in [1.29, 1.82) is 0 Å². The van der Waals surface area contributed by atoms with Gasteiger partial charge in [0, 0.05) is 11.1 Å². The van der Waals surface area contributed by atoms with E-state index < -0.39 is 14.5 Å². The molecule has 0 saturated carbocycles. The second kappa shape index (κ2) is 15.0. The Hall–Kier alpha value is -5.45. The highest BCUT2D eigenvalue weighted by Crippen LogP contribution is 2.59. The fraction of sp³-hybridized carbons (Fsp3) is 0.0408. The van der Waals surface area contributed by atoms with Gasteiger partial charge in [0.1, 0.15) is 58.7 Å². The summed E-state index contributed by atoms with van der Waals surface area (Å²) >= 11 is 0. The predicted octanol–water partition coefficient (Wildman–Crippen LogP) is 9.19. The van der Waals surface area contributed by atoms with E-state index in [1.54, 1.807) is 0 Å². The first kappa shape index (κ1) is 33.7. The monoisotopic (exact) mass is 706 g/mol. The minimum atomic E-state index is -2.35. The molecular formula is C49H40OP2+2. The smallest absolute Gasteiger partial charge is 0.192 e. The van der Waals surface area contributed by atoms with Gasteiger partial charge in [-0.15, -0.1) is 0 Å². The van der Waals surface area contributed by atoms with E-state index in [9.17, 15) is 0 Å². The molecule has 0 aliphatic heterocycles. The lowest BCUT2D eigenvalue weighted by Gasteiger charge is -2.28. The number of hydrogen-bond donors (Lipinski definition) is 0. The van der Waals surface area contributed by atoms with Gasteiger partial charge in [-0.05, 0) is 95.7 Å². The third-order valence-corrected chi connectivity index (χ3v) is 18.9. The summed E-state index contributed by atoms with van der Waals surface area (Å²) in [6.07, 6.45) is 1.23. The van der Waals surface area contributed by atoms with Crippen LogP contribution in [-0.4, -0.2) is 0 Å². The van der Waals surface area contributed by atoms with Crippen molar-refractivity contribution < 1.29 is 0 Å². The van der Waals surface area contributed by atoms with Gasteiger partial charge in [0.05, 0.1) is 0 Å². The highest BCUT2D eigenvalue weighted by atomic mass is 31.2. The molecule has 0 saturated heterocycles. The molecule has 0 aliphatic carbocycles. The van der Waals surface area contributed by atoms with E-state index in [1.807, 2.05) is 0 Å². The summed E-state index contributed by atoms with van der Waals surface area (Å²) in [6.45, 7) is 0. The zero-order valence-corrected chi connectivity index (χ0v) is 30.8. The Kier molecular flexibility index (Phi) is 9.74. The predicted molar refractivity (Wildman–Crippen MR) is 228 cm³/mol. The summed E-state index contributed by atoms with van der Waals surface area (Å²) in [5, 5.41) is 9.76. The first-order chi connectivity index (χ1) is 25.7. The molecule has 1 nitrogen and oxygen atoms in total. The van der Waals surface area contributed by atoms with Crippen LogP contribution in [0.3, 0.4) is 0 Å². The summed E-state index contributed by atoms with van der Waals surface area (Å²) in [5.41, 5.74) is 1.84. The molecule has 0 aromatic heterocycles. The van der Waals surface area contributed by atoms with Crippen LogP contribution in [0.2, 0.25) is 0 Å². The molecule has 0 unspecified atom stereocenters. The fourth-order valence-electron chi connectivity index (χ4n) is 7.77. The maximum Gasteiger partial charge on any atom is 0.192 e. The standard InChI is InChI=1S/C49H40OP2/c50-49-41(37-51(43-23-7-1-8-24-43,44-25-9-2-10-26-44)45-27-11-3-12-28-45)35-39-21-19-20-22-40(39)36-42(49)38-52(46-29-13-4-14-30-46,47-31-15-5-16-32-47)48-33-17-6-18-34-48/h1-36H,37-38H2/q+2. The van der Waals surface area contributed by atoms with Crippen molar-refractivity contribution in [3.8, 4) is 0 Å². The molecule has 0 spiro atoms. The second-order valence-electron chi connectivity index (χ2n) is 13.2. The van der Waals surface area contributed by atoms with Gasteiger partial charge in [-0.2, -0.15) is 0 Å². The average Bonchev–Trinajstić information content (AvgIpc) is 3.36. The van der Waals surface area contributed by atoms with Gasteiger partial charge in [-0.1, -0.05) is 133 Å². The number of rotatable bonds is 10. The molecule has 8 aromatic carbocycles. The van der Waals surface area contributed by atoms with E-state index in [0.29, 0.717) is 12.3 Å². The van der Waals surface area contributed by atoms with Crippen LogP contribution in [0.4, 0.5) is 0 Å². The summed E-state index contributed by atoms with van der Waals surface area (Å²) in [4.78, 5) is 15.7. The summed E-state index contributed by atoms with van der Waals surface area (Å²) < 4.78 is 0. The van der Waals surface area contributed by atoms with Crippen molar-refractivity contribution in [2.45, 2.75) is 12.3 Å². The van der Waals surface area contributed by atoms with E-state index in [4.69, 9.17) is 0 Å². The summed E-state index contributed by atoms with van der Waals surface area (Å²) in [6, 6.07) is 78.1. The molecule has 0 fully saturated rings. The topological polar surface area (TPSA) is 17.1 Å². The lowest BCUT2D eigenvalue weighted by atomic mass is 10.2. The van der Waals surface area contributed by atoms with Crippen molar-refractivity contribution in [3.05, 3.63) is 240 Å². The largest absolute Gasteiger partial charge is 0.289 e. The van der Waals surface area contributed by atoms with Crippen molar-refractivity contribution in [2.75, 3.05) is 0 Å². The summed E-state index contributed by atoms with van der Waals surface area (Å²) in [7, 11) is -4.70. The van der Waals surface area contributed by atoms with E-state index >= 15 is 4.79 Å². The van der Waals surface area contributed by atoms with Crippen LogP contribution >= 0.6 is 14.5 Å². The molecule has 52 heavy (non-hydrogen) atoms. The molecule has 250 valence electrons. The van der Waals surface area contributed by atoms with Crippen LogP contribution in [0.15, 0.2) is 223 Å². The SMILES string of the molecule is O=c1c(C[P+](c2ccccc2)(c2ccccc2)c2ccccc2)cc2ccccc2cc1C[P+](c1ccccc1)(c1ccccc1)c1ccccc1. The van der Waals surface area contributed by atoms with Gasteiger partial charge in [0.2, 0.25) is 0 Å². The molecular weight excluding hydrogens is 666 g/mol. The molecule has 0 aliphatic rings. The number of fused-ring (bicyclic) bond motifs is 1. The van der Waals surface area contributed by atoms with Gasteiger partial charge in [-0.3, -0.25) is 4.79 Å². The minimum absolute atomic E-state index is 0.135. The first-order valence-electron chi connectivity index (χ1n) is 17.8. The van der Waals surface area contributed by atoms with Gasteiger partial charge in [0.15, 0.2) is 5.43 Å². The van der Waals surface area contributed by atoms with Crippen LogP contribution in [0.1, 0.15) is 11.1 Å². The van der Waals surface area contributed by atoms with Crippen molar-refractivity contribution >= 4 is 57.1 Å².